The van der Waals surface area contributed by atoms with Crippen molar-refractivity contribution in [3.8, 4) is 0 Å². The normalized spacial score (nSPS) is 17.1. The first kappa shape index (κ1) is 16.8. The molecule has 0 aliphatic rings. The van der Waals surface area contributed by atoms with Crippen molar-refractivity contribution < 1.29 is 9.84 Å². The van der Waals surface area contributed by atoms with E-state index in [0.717, 1.165) is 39.0 Å². The van der Waals surface area contributed by atoms with Gasteiger partial charge in [-0.1, -0.05) is 13.8 Å². The molecule has 104 valence electrons. The van der Waals surface area contributed by atoms with E-state index >= 15 is 0 Å². The lowest BCUT2D eigenvalue weighted by Gasteiger charge is -2.30. The van der Waals surface area contributed by atoms with Crippen LogP contribution in [-0.2, 0) is 4.74 Å². The number of hydrogen-bond donors (Lipinski definition) is 2. The van der Waals surface area contributed by atoms with Crippen molar-refractivity contribution in [3.05, 3.63) is 0 Å². The molecule has 0 aliphatic heterocycles. The Morgan fingerprint density at radius 3 is 2.47 bits per heavy atom. The van der Waals surface area contributed by atoms with Crippen LogP contribution in [0.4, 0.5) is 0 Å². The van der Waals surface area contributed by atoms with Gasteiger partial charge in [0, 0.05) is 19.7 Å². The van der Waals surface area contributed by atoms with Gasteiger partial charge in [-0.15, -0.1) is 0 Å². The van der Waals surface area contributed by atoms with E-state index in [-0.39, 0.29) is 0 Å². The number of aliphatic hydroxyl groups is 1. The average Bonchev–Trinajstić information content (AvgIpc) is 2.34. The summed E-state index contributed by atoms with van der Waals surface area (Å²) < 4.78 is 5.16. The van der Waals surface area contributed by atoms with E-state index in [0.29, 0.717) is 12.6 Å². The van der Waals surface area contributed by atoms with Gasteiger partial charge in [0.1, 0.15) is 0 Å². The van der Waals surface area contributed by atoms with Crippen molar-refractivity contribution in [2.24, 2.45) is 5.73 Å². The molecule has 0 aromatic heterocycles. The molecule has 0 aromatic rings. The van der Waals surface area contributed by atoms with Gasteiger partial charge < -0.3 is 15.6 Å². The minimum absolute atomic E-state index is 0.350. The Balaban J connectivity index is 3.98. The number of rotatable bonds is 10. The average molecular weight is 246 g/mol. The molecule has 0 amide bonds. The van der Waals surface area contributed by atoms with E-state index in [1.54, 1.807) is 7.11 Å². The SMILES string of the molecule is CCN(CCCC(O)(CC)CN)C(C)COC. The zero-order valence-electron chi connectivity index (χ0n) is 11.9. The van der Waals surface area contributed by atoms with Gasteiger partial charge in [-0.2, -0.15) is 0 Å². The maximum absolute atomic E-state index is 10.1. The number of nitrogens with zero attached hydrogens (tertiary/aromatic N) is 1. The van der Waals surface area contributed by atoms with Crippen molar-refractivity contribution in [2.45, 2.75) is 51.7 Å². The fraction of sp³-hybridized carbons (Fsp3) is 1.00. The summed E-state index contributed by atoms with van der Waals surface area (Å²) in [5, 5.41) is 10.1. The topological polar surface area (TPSA) is 58.7 Å². The van der Waals surface area contributed by atoms with Gasteiger partial charge in [0.2, 0.25) is 0 Å². The molecule has 0 heterocycles. The van der Waals surface area contributed by atoms with Crippen LogP contribution in [0, 0.1) is 0 Å². The monoisotopic (exact) mass is 246 g/mol. The summed E-state index contributed by atoms with van der Waals surface area (Å²) in [6.45, 7) is 9.41. The van der Waals surface area contributed by atoms with Crippen LogP contribution in [0.25, 0.3) is 0 Å². The van der Waals surface area contributed by atoms with Gasteiger partial charge in [0.25, 0.3) is 0 Å². The molecule has 0 saturated heterocycles. The lowest BCUT2D eigenvalue weighted by atomic mass is 9.94. The van der Waals surface area contributed by atoms with Gasteiger partial charge >= 0.3 is 0 Å². The zero-order chi connectivity index (χ0) is 13.3. The quantitative estimate of drug-likeness (QED) is 0.608. The fourth-order valence-corrected chi connectivity index (χ4v) is 2.07. The summed E-state index contributed by atoms with van der Waals surface area (Å²) in [5.74, 6) is 0. The van der Waals surface area contributed by atoms with Crippen LogP contribution in [0.5, 0.6) is 0 Å². The first-order valence-corrected chi connectivity index (χ1v) is 6.68. The summed E-state index contributed by atoms with van der Waals surface area (Å²) in [7, 11) is 1.73. The molecule has 4 nitrogen and oxygen atoms in total. The minimum atomic E-state index is -0.677. The van der Waals surface area contributed by atoms with E-state index in [4.69, 9.17) is 10.5 Å². The zero-order valence-corrected chi connectivity index (χ0v) is 11.9. The maximum atomic E-state index is 10.1. The molecule has 0 aromatic carbocycles. The highest BCUT2D eigenvalue weighted by Crippen LogP contribution is 2.16. The minimum Gasteiger partial charge on any atom is -0.389 e. The van der Waals surface area contributed by atoms with Crippen LogP contribution in [0.2, 0.25) is 0 Å². The number of methoxy groups -OCH3 is 1. The second-order valence-electron chi connectivity index (χ2n) is 4.82. The van der Waals surface area contributed by atoms with Crippen LogP contribution < -0.4 is 5.73 Å². The van der Waals surface area contributed by atoms with Crippen LogP contribution in [0.1, 0.15) is 40.0 Å². The van der Waals surface area contributed by atoms with Gasteiger partial charge in [-0.3, -0.25) is 4.90 Å². The molecule has 17 heavy (non-hydrogen) atoms. The van der Waals surface area contributed by atoms with E-state index in [1.807, 2.05) is 6.92 Å². The number of likely N-dealkylation sites (N-methyl/N-ethyl adjacent to an activating group) is 1. The second-order valence-corrected chi connectivity index (χ2v) is 4.82. The Kier molecular flexibility index (Phi) is 8.78. The molecular weight excluding hydrogens is 216 g/mol. The lowest BCUT2D eigenvalue weighted by molar-refractivity contribution is 0.0283. The standard InChI is InChI=1S/C13H30N2O2/c1-5-13(16,11-14)8-7-9-15(6-2)12(3)10-17-4/h12,16H,5-11,14H2,1-4H3. The maximum Gasteiger partial charge on any atom is 0.0767 e. The fourth-order valence-electron chi connectivity index (χ4n) is 2.07. The Morgan fingerprint density at radius 2 is 2.06 bits per heavy atom. The van der Waals surface area contributed by atoms with Crippen molar-refractivity contribution in [1.82, 2.24) is 4.90 Å². The molecular formula is C13H30N2O2. The smallest absolute Gasteiger partial charge is 0.0767 e. The Bertz CT molecular complexity index is 184. The molecule has 0 fully saturated rings. The summed E-state index contributed by atoms with van der Waals surface area (Å²) in [4.78, 5) is 2.37. The molecule has 0 rings (SSSR count). The van der Waals surface area contributed by atoms with Gasteiger partial charge in [-0.25, -0.2) is 0 Å². The molecule has 0 aliphatic carbocycles. The predicted molar refractivity (Wildman–Crippen MR) is 72.1 cm³/mol. The van der Waals surface area contributed by atoms with Crippen LogP contribution in [0.3, 0.4) is 0 Å². The molecule has 4 heteroatoms. The van der Waals surface area contributed by atoms with Crippen molar-refractivity contribution in [3.63, 3.8) is 0 Å². The first-order valence-electron chi connectivity index (χ1n) is 6.68. The van der Waals surface area contributed by atoms with Crippen LogP contribution >= 0.6 is 0 Å². The van der Waals surface area contributed by atoms with Crippen molar-refractivity contribution in [1.29, 1.82) is 0 Å². The highest BCUT2D eigenvalue weighted by molar-refractivity contribution is 4.78. The molecule has 2 unspecified atom stereocenters. The van der Waals surface area contributed by atoms with E-state index in [9.17, 15) is 5.11 Å². The second kappa shape index (κ2) is 8.86. The summed E-state index contributed by atoms with van der Waals surface area (Å²) >= 11 is 0. The molecule has 0 saturated carbocycles. The highest BCUT2D eigenvalue weighted by Gasteiger charge is 2.22. The Morgan fingerprint density at radius 1 is 1.41 bits per heavy atom. The third-order valence-corrected chi connectivity index (χ3v) is 3.56. The molecule has 0 radical (unpaired) electrons. The van der Waals surface area contributed by atoms with Crippen molar-refractivity contribution >= 4 is 0 Å². The lowest BCUT2D eigenvalue weighted by Crippen LogP contribution is -2.40. The van der Waals surface area contributed by atoms with E-state index < -0.39 is 5.60 Å². The molecule has 3 N–H and O–H groups in total. The molecule has 0 bridgehead atoms. The Labute approximate surface area is 106 Å². The number of hydrogen-bond acceptors (Lipinski definition) is 4. The molecule has 2 atom stereocenters. The summed E-state index contributed by atoms with van der Waals surface area (Å²) in [6.07, 6.45) is 2.48. The summed E-state index contributed by atoms with van der Waals surface area (Å²) in [6, 6.07) is 0.428. The summed E-state index contributed by atoms with van der Waals surface area (Å²) in [5.41, 5.74) is 4.91. The van der Waals surface area contributed by atoms with Gasteiger partial charge in [0.15, 0.2) is 0 Å². The van der Waals surface area contributed by atoms with Crippen molar-refractivity contribution in [2.75, 3.05) is 33.4 Å². The largest absolute Gasteiger partial charge is 0.389 e. The number of nitrogens with two attached hydrogens (primary N) is 1. The van der Waals surface area contributed by atoms with E-state index in [1.165, 1.54) is 0 Å². The van der Waals surface area contributed by atoms with E-state index in [2.05, 4.69) is 18.7 Å². The third kappa shape index (κ3) is 6.36. The van der Waals surface area contributed by atoms with Gasteiger partial charge in [0.05, 0.1) is 12.2 Å². The third-order valence-electron chi connectivity index (χ3n) is 3.56. The molecule has 0 spiro atoms. The number of ether oxygens (including phenoxy) is 1. The first-order chi connectivity index (χ1) is 8.02. The van der Waals surface area contributed by atoms with Crippen LogP contribution in [0.15, 0.2) is 0 Å². The predicted octanol–water partition coefficient (Wildman–Crippen LogP) is 1.22. The van der Waals surface area contributed by atoms with Crippen LogP contribution in [-0.4, -0.2) is 55.0 Å². The highest BCUT2D eigenvalue weighted by atomic mass is 16.5. The van der Waals surface area contributed by atoms with Gasteiger partial charge in [-0.05, 0) is 39.3 Å². The Hall–Kier alpha value is -0.160.